The number of nitrogens with one attached hydrogen (secondary N) is 1. The molecule has 13 heavy (non-hydrogen) atoms. The highest BCUT2D eigenvalue weighted by molar-refractivity contribution is 5.92. The van der Waals surface area contributed by atoms with E-state index in [9.17, 15) is 9.59 Å². The van der Waals surface area contributed by atoms with Gasteiger partial charge in [0.05, 0.1) is 0 Å². The van der Waals surface area contributed by atoms with Gasteiger partial charge in [-0.15, -0.1) is 0 Å². The van der Waals surface area contributed by atoms with E-state index in [1.54, 1.807) is 29.1 Å². The fourth-order valence-electron chi connectivity index (χ4n) is 0.882. The van der Waals surface area contributed by atoms with E-state index in [1.165, 1.54) is 0 Å². The lowest BCUT2D eigenvalue weighted by molar-refractivity contribution is -0.684. The zero-order valence-corrected chi connectivity index (χ0v) is 6.93. The number of primary amides is 1. The summed E-state index contributed by atoms with van der Waals surface area (Å²) in [4.78, 5) is 21.3. The fraction of sp³-hybridized carbons (Fsp3) is 0.125. The van der Waals surface area contributed by atoms with Crippen LogP contribution in [0.3, 0.4) is 0 Å². The number of nitrogens with zero attached hydrogens (tertiary/aromatic N) is 1. The Morgan fingerprint density at radius 3 is 2.38 bits per heavy atom. The Morgan fingerprint density at radius 1 is 1.23 bits per heavy atom. The number of nitrogens with two attached hydrogens (primary N) is 1. The maximum Gasteiger partial charge on any atom is 0.319 e. The molecular weight excluding hydrogens is 170 g/mol. The first-order chi connectivity index (χ1) is 6.18. The SMILES string of the molecule is NC(=O)NC(=O)C[n+]1ccccc1. The van der Waals surface area contributed by atoms with Crippen molar-refractivity contribution in [1.82, 2.24) is 5.32 Å². The Kier molecular flexibility index (Phi) is 2.97. The second-order valence-electron chi connectivity index (χ2n) is 2.46. The number of aromatic nitrogens is 1. The van der Waals surface area contributed by atoms with E-state index in [2.05, 4.69) is 0 Å². The van der Waals surface area contributed by atoms with E-state index in [1.807, 2.05) is 11.4 Å². The van der Waals surface area contributed by atoms with Gasteiger partial charge in [-0.2, -0.15) is 4.57 Å². The standard InChI is InChI=1S/C8H9N3O2/c9-8(13)10-7(12)6-11-4-2-1-3-5-11/h1-5H,6H2,(H2-,9,10,12,13)/p+1. The second-order valence-corrected chi connectivity index (χ2v) is 2.46. The van der Waals surface area contributed by atoms with Gasteiger partial charge in [-0.25, -0.2) is 4.79 Å². The van der Waals surface area contributed by atoms with Gasteiger partial charge in [-0.05, 0) is 0 Å². The van der Waals surface area contributed by atoms with Crippen molar-refractivity contribution in [1.29, 1.82) is 0 Å². The summed E-state index contributed by atoms with van der Waals surface area (Å²) in [6, 6.07) is 4.58. The van der Waals surface area contributed by atoms with Gasteiger partial charge in [-0.3, -0.25) is 10.1 Å². The number of urea groups is 1. The first-order valence-corrected chi connectivity index (χ1v) is 3.72. The topological polar surface area (TPSA) is 76.1 Å². The largest absolute Gasteiger partial charge is 0.351 e. The zero-order valence-electron chi connectivity index (χ0n) is 6.93. The van der Waals surface area contributed by atoms with Gasteiger partial charge in [0.25, 0.3) is 5.91 Å². The highest BCUT2D eigenvalue weighted by atomic mass is 16.2. The van der Waals surface area contributed by atoms with E-state index in [-0.39, 0.29) is 6.54 Å². The molecule has 1 aromatic heterocycles. The summed E-state index contributed by atoms with van der Waals surface area (Å²) in [6.07, 6.45) is 3.45. The molecule has 0 atom stereocenters. The molecule has 68 valence electrons. The van der Waals surface area contributed by atoms with Crippen LogP contribution in [-0.2, 0) is 11.3 Å². The van der Waals surface area contributed by atoms with Crippen LogP contribution in [0.25, 0.3) is 0 Å². The highest BCUT2D eigenvalue weighted by Crippen LogP contribution is 1.76. The molecule has 0 aliphatic heterocycles. The van der Waals surface area contributed by atoms with Gasteiger partial charge >= 0.3 is 6.03 Å². The number of rotatable bonds is 2. The molecule has 0 aliphatic rings. The Hall–Kier alpha value is -1.91. The molecule has 0 aliphatic carbocycles. The third-order valence-electron chi connectivity index (χ3n) is 1.37. The van der Waals surface area contributed by atoms with Gasteiger partial charge in [0.2, 0.25) is 6.54 Å². The van der Waals surface area contributed by atoms with E-state index in [0.717, 1.165) is 0 Å². The van der Waals surface area contributed by atoms with Crippen molar-refractivity contribution in [2.45, 2.75) is 6.54 Å². The molecule has 1 heterocycles. The van der Waals surface area contributed by atoms with E-state index >= 15 is 0 Å². The molecule has 5 nitrogen and oxygen atoms in total. The predicted molar refractivity (Wildman–Crippen MR) is 44.4 cm³/mol. The van der Waals surface area contributed by atoms with Crippen molar-refractivity contribution in [2.24, 2.45) is 5.73 Å². The fourth-order valence-corrected chi connectivity index (χ4v) is 0.882. The number of hydrogen-bond donors (Lipinski definition) is 2. The molecular formula is C8H10N3O2+. The lowest BCUT2D eigenvalue weighted by Gasteiger charge is -1.96. The number of carbonyl (C=O) groups excluding carboxylic acids is 2. The first-order valence-electron chi connectivity index (χ1n) is 3.72. The Labute approximate surface area is 75.2 Å². The average molecular weight is 180 g/mol. The Morgan fingerprint density at radius 2 is 1.85 bits per heavy atom. The molecule has 0 radical (unpaired) electrons. The van der Waals surface area contributed by atoms with Crippen LogP contribution >= 0.6 is 0 Å². The van der Waals surface area contributed by atoms with Crippen molar-refractivity contribution < 1.29 is 14.2 Å². The van der Waals surface area contributed by atoms with Crippen LogP contribution in [0.2, 0.25) is 0 Å². The second kappa shape index (κ2) is 4.20. The van der Waals surface area contributed by atoms with Crippen molar-refractivity contribution in [3.05, 3.63) is 30.6 Å². The average Bonchev–Trinajstić information content (AvgIpc) is 2.04. The minimum Gasteiger partial charge on any atom is -0.351 e. The van der Waals surface area contributed by atoms with Gasteiger partial charge in [0, 0.05) is 12.1 Å². The maximum atomic E-state index is 11.0. The van der Waals surface area contributed by atoms with Crippen LogP contribution in [0.5, 0.6) is 0 Å². The number of amides is 3. The predicted octanol–water partition coefficient (Wildman–Crippen LogP) is -0.831. The quantitative estimate of drug-likeness (QED) is 0.583. The molecule has 0 bridgehead atoms. The van der Waals surface area contributed by atoms with Crippen LogP contribution in [-0.4, -0.2) is 11.9 Å². The molecule has 3 amide bonds. The molecule has 5 heteroatoms. The molecule has 0 saturated heterocycles. The summed E-state index contributed by atoms with van der Waals surface area (Å²) in [6.45, 7) is 0.0871. The highest BCUT2D eigenvalue weighted by Gasteiger charge is 2.09. The first kappa shape index (κ1) is 9.18. The molecule has 0 spiro atoms. The normalized spacial score (nSPS) is 9.23. The van der Waals surface area contributed by atoms with Crippen LogP contribution in [0.15, 0.2) is 30.6 Å². The number of pyridine rings is 1. The van der Waals surface area contributed by atoms with Crippen molar-refractivity contribution in [2.75, 3.05) is 0 Å². The molecule has 0 aromatic carbocycles. The van der Waals surface area contributed by atoms with Crippen LogP contribution in [0.4, 0.5) is 4.79 Å². The zero-order chi connectivity index (χ0) is 9.68. The Bertz CT molecular complexity index is 310. The summed E-state index contributed by atoms with van der Waals surface area (Å²) in [7, 11) is 0. The van der Waals surface area contributed by atoms with Crippen molar-refractivity contribution >= 4 is 11.9 Å². The van der Waals surface area contributed by atoms with Gasteiger partial charge < -0.3 is 5.73 Å². The number of hydrogen-bond acceptors (Lipinski definition) is 2. The van der Waals surface area contributed by atoms with Crippen LogP contribution in [0.1, 0.15) is 0 Å². The lowest BCUT2D eigenvalue weighted by Crippen LogP contribution is -2.45. The van der Waals surface area contributed by atoms with E-state index < -0.39 is 11.9 Å². The van der Waals surface area contributed by atoms with Gasteiger partial charge in [-0.1, -0.05) is 6.07 Å². The lowest BCUT2D eigenvalue weighted by atomic mass is 10.4. The summed E-state index contributed by atoms with van der Waals surface area (Å²) in [5.41, 5.74) is 4.77. The molecule has 3 N–H and O–H groups in total. The smallest absolute Gasteiger partial charge is 0.319 e. The van der Waals surface area contributed by atoms with Crippen molar-refractivity contribution in [3.63, 3.8) is 0 Å². The summed E-state index contributed by atoms with van der Waals surface area (Å²) in [5, 5.41) is 1.97. The minimum absolute atomic E-state index is 0.0871. The molecule has 1 aromatic rings. The van der Waals surface area contributed by atoms with Gasteiger partial charge in [0.1, 0.15) is 0 Å². The van der Waals surface area contributed by atoms with Crippen molar-refractivity contribution in [3.8, 4) is 0 Å². The molecule has 1 rings (SSSR count). The van der Waals surface area contributed by atoms with Gasteiger partial charge in [0.15, 0.2) is 12.4 Å². The monoisotopic (exact) mass is 180 g/mol. The third kappa shape index (κ3) is 3.33. The van der Waals surface area contributed by atoms with E-state index in [4.69, 9.17) is 5.73 Å². The third-order valence-corrected chi connectivity index (χ3v) is 1.37. The summed E-state index contributed by atoms with van der Waals surface area (Å²) >= 11 is 0. The van der Waals surface area contributed by atoms with E-state index in [0.29, 0.717) is 0 Å². The number of carbonyl (C=O) groups is 2. The van der Waals surface area contributed by atoms with Crippen LogP contribution < -0.4 is 15.6 Å². The Balaban J connectivity index is 2.50. The number of imide groups is 1. The minimum atomic E-state index is -0.832. The summed E-state index contributed by atoms with van der Waals surface area (Å²) < 4.78 is 1.64. The summed E-state index contributed by atoms with van der Waals surface area (Å²) in [5.74, 6) is -0.427. The molecule has 0 saturated carbocycles. The van der Waals surface area contributed by atoms with Crippen LogP contribution in [0, 0.1) is 0 Å². The maximum absolute atomic E-state index is 11.0. The molecule has 0 unspecified atom stereocenters. The molecule has 0 fully saturated rings.